The molecule has 8 heteroatoms. The number of anilines is 3. The van der Waals surface area contributed by atoms with E-state index in [0.717, 1.165) is 11.3 Å². The Morgan fingerprint density at radius 3 is 2.56 bits per heavy atom. The summed E-state index contributed by atoms with van der Waals surface area (Å²) in [5, 5.41) is 3.12. The zero-order chi connectivity index (χ0) is 19.0. The summed E-state index contributed by atoms with van der Waals surface area (Å²) in [5.74, 6) is 0.918. The molecule has 0 atom stereocenters. The molecule has 0 aliphatic heterocycles. The van der Waals surface area contributed by atoms with Gasteiger partial charge >= 0.3 is 0 Å². The lowest BCUT2D eigenvalue weighted by Crippen LogP contribution is -2.11. The number of hydrogen-bond acceptors (Lipinski definition) is 6. The van der Waals surface area contributed by atoms with Gasteiger partial charge in [0, 0.05) is 12.1 Å². The largest absolute Gasteiger partial charge is 0.368 e. The van der Waals surface area contributed by atoms with E-state index in [1.54, 1.807) is 16.7 Å². The van der Waals surface area contributed by atoms with E-state index in [9.17, 15) is 4.39 Å². The van der Waals surface area contributed by atoms with Gasteiger partial charge in [0.2, 0.25) is 17.8 Å². The maximum Gasteiger partial charge on any atom is 0.242 e. The van der Waals surface area contributed by atoms with Crippen LogP contribution in [0.25, 0.3) is 17.0 Å². The van der Waals surface area contributed by atoms with Crippen molar-refractivity contribution in [2.75, 3.05) is 11.1 Å². The van der Waals surface area contributed by atoms with Crippen molar-refractivity contribution < 1.29 is 4.39 Å². The van der Waals surface area contributed by atoms with Gasteiger partial charge < -0.3 is 11.1 Å². The Labute approximate surface area is 155 Å². The van der Waals surface area contributed by atoms with Gasteiger partial charge in [-0.2, -0.15) is 15.0 Å². The summed E-state index contributed by atoms with van der Waals surface area (Å²) in [7, 11) is 0. The summed E-state index contributed by atoms with van der Waals surface area (Å²) in [6.07, 6.45) is 0.584. The van der Waals surface area contributed by atoms with Crippen LogP contribution >= 0.6 is 0 Å². The minimum Gasteiger partial charge on any atom is -0.368 e. The van der Waals surface area contributed by atoms with Gasteiger partial charge in [-0.25, -0.2) is 9.37 Å². The van der Waals surface area contributed by atoms with Crippen molar-refractivity contribution in [1.82, 2.24) is 24.5 Å². The minimum absolute atomic E-state index is 0.0647. The van der Waals surface area contributed by atoms with Crippen LogP contribution in [0, 0.1) is 12.7 Å². The van der Waals surface area contributed by atoms with E-state index < -0.39 is 0 Å². The van der Waals surface area contributed by atoms with Crippen molar-refractivity contribution in [1.29, 1.82) is 0 Å². The SMILES string of the molecule is CCc1nc2c(F)cccc2n1-c1nc(N)nc(Nc2ccc(C)cc2)n1. The Hall–Kier alpha value is -3.55. The highest BCUT2D eigenvalue weighted by Gasteiger charge is 2.17. The lowest BCUT2D eigenvalue weighted by molar-refractivity contribution is 0.637. The quantitative estimate of drug-likeness (QED) is 0.576. The fourth-order valence-electron chi connectivity index (χ4n) is 2.88. The van der Waals surface area contributed by atoms with E-state index in [1.165, 1.54) is 6.07 Å². The molecule has 0 saturated carbocycles. The zero-order valence-electron chi connectivity index (χ0n) is 14.9. The fraction of sp³-hybridized carbons (Fsp3) is 0.158. The molecule has 0 aliphatic carbocycles. The molecule has 0 fully saturated rings. The molecule has 2 aromatic carbocycles. The maximum atomic E-state index is 14.1. The molecule has 0 unspecified atom stereocenters. The fourth-order valence-corrected chi connectivity index (χ4v) is 2.88. The number of para-hydroxylation sites is 1. The van der Waals surface area contributed by atoms with Crippen LogP contribution < -0.4 is 11.1 Å². The lowest BCUT2D eigenvalue weighted by atomic mass is 10.2. The van der Waals surface area contributed by atoms with Crippen molar-refractivity contribution in [3.05, 3.63) is 59.7 Å². The van der Waals surface area contributed by atoms with Crippen LogP contribution in [0.4, 0.5) is 22.0 Å². The Balaban J connectivity index is 1.83. The number of aromatic nitrogens is 5. The Morgan fingerprint density at radius 1 is 1.04 bits per heavy atom. The molecule has 2 aromatic heterocycles. The number of nitrogens with two attached hydrogens (primary N) is 1. The van der Waals surface area contributed by atoms with Gasteiger partial charge in [0.1, 0.15) is 11.3 Å². The predicted octanol–water partition coefficient (Wildman–Crippen LogP) is 3.55. The van der Waals surface area contributed by atoms with Crippen LogP contribution in [0.15, 0.2) is 42.5 Å². The van der Waals surface area contributed by atoms with Gasteiger partial charge in [0.05, 0.1) is 5.52 Å². The number of hydrogen-bond donors (Lipinski definition) is 2. The molecule has 0 radical (unpaired) electrons. The minimum atomic E-state index is -0.388. The van der Waals surface area contributed by atoms with Gasteiger partial charge in [0.25, 0.3) is 0 Å². The van der Waals surface area contributed by atoms with Crippen molar-refractivity contribution in [2.24, 2.45) is 0 Å². The Morgan fingerprint density at radius 2 is 1.81 bits per heavy atom. The second-order valence-electron chi connectivity index (χ2n) is 6.13. The smallest absolute Gasteiger partial charge is 0.242 e. The van der Waals surface area contributed by atoms with E-state index in [1.807, 2.05) is 38.1 Å². The molecule has 4 aromatic rings. The third-order valence-corrected chi connectivity index (χ3v) is 4.17. The molecule has 7 nitrogen and oxygen atoms in total. The number of nitrogens with one attached hydrogen (secondary N) is 1. The average Bonchev–Trinajstić information content (AvgIpc) is 3.03. The molecular weight excluding hydrogens is 345 g/mol. The van der Waals surface area contributed by atoms with E-state index in [-0.39, 0.29) is 17.3 Å². The molecular formula is C19H18FN7. The van der Waals surface area contributed by atoms with Crippen LogP contribution in [-0.2, 0) is 6.42 Å². The third-order valence-electron chi connectivity index (χ3n) is 4.17. The summed E-state index contributed by atoms with van der Waals surface area (Å²) in [6, 6.07) is 12.6. The van der Waals surface area contributed by atoms with Gasteiger partial charge in [-0.15, -0.1) is 0 Å². The van der Waals surface area contributed by atoms with Crippen LogP contribution in [0.5, 0.6) is 0 Å². The third kappa shape index (κ3) is 3.17. The molecule has 136 valence electrons. The number of imidazole rings is 1. The van der Waals surface area contributed by atoms with Gasteiger partial charge in [-0.05, 0) is 31.2 Å². The zero-order valence-corrected chi connectivity index (χ0v) is 14.9. The van der Waals surface area contributed by atoms with Gasteiger partial charge in [-0.1, -0.05) is 30.7 Å². The van der Waals surface area contributed by atoms with Crippen molar-refractivity contribution in [3.63, 3.8) is 0 Å². The summed E-state index contributed by atoms with van der Waals surface area (Å²) >= 11 is 0. The molecule has 0 amide bonds. The second-order valence-corrected chi connectivity index (χ2v) is 6.13. The summed E-state index contributed by atoms with van der Waals surface area (Å²) < 4.78 is 15.8. The van der Waals surface area contributed by atoms with Crippen molar-refractivity contribution in [2.45, 2.75) is 20.3 Å². The molecule has 0 saturated heterocycles. The highest BCUT2D eigenvalue weighted by Crippen LogP contribution is 2.23. The summed E-state index contributed by atoms with van der Waals surface area (Å²) in [5.41, 5.74) is 8.74. The van der Waals surface area contributed by atoms with Crippen molar-refractivity contribution in [3.8, 4) is 5.95 Å². The van der Waals surface area contributed by atoms with Crippen LogP contribution in [0.1, 0.15) is 18.3 Å². The number of rotatable bonds is 4. The van der Waals surface area contributed by atoms with E-state index >= 15 is 0 Å². The molecule has 2 heterocycles. The first-order valence-electron chi connectivity index (χ1n) is 8.56. The number of nitrogens with zero attached hydrogens (tertiary/aromatic N) is 5. The Kier molecular flexibility index (Phi) is 4.15. The standard InChI is InChI=1S/C19H18FN7/c1-3-15-23-16-13(20)5-4-6-14(16)27(15)19-25-17(21)24-18(26-19)22-12-9-7-11(2)8-10-12/h4-10H,3H2,1-2H3,(H3,21,22,24,25,26). The number of halogens is 1. The maximum absolute atomic E-state index is 14.1. The first-order chi connectivity index (χ1) is 13.0. The van der Waals surface area contributed by atoms with E-state index in [2.05, 4.69) is 25.3 Å². The highest BCUT2D eigenvalue weighted by atomic mass is 19.1. The van der Waals surface area contributed by atoms with E-state index in [0.29, 0.717) is 29.7 Å². The number of benzene rings is 2. The van der Waals surface area contributed by atoms with Crippen LogP contribution in [0.2, 0.25) is 0 Å². The van der Waals surface area contributed by atoms with Crippen LogP contribution in [0.3, 0.4) is 0 Å². The summed E-state index contributed by atoms with van der Waals surface area (Å²) in [6.45, 7) is 3.95. The topological polar surface area (TPSA) is 94.5 Å². The molecule has 0 bridgehead atoms. The number of aryl methyl sites for hydroxylation is 2. The van der Waals surface area contributed by atoms with Crippen LogP contribution in [-0.4, -0.2) is 24.5 Å². The van der Waals surface area contributed by atoms with Gasteiger partial charge in [0.15, 0.2) is 5.82 Å². The van der Waals surface area contributed by atoms with Gasteiger partial charge in [-0.3, -0.25) is 4.57 Å². The molecule has 27 heavy (non-hydrogen) atoms. The first-order valence-corrected chi connectivity index (χ1v) is 8.56. The number of nitrogen functional groups attached to an aromatic ring is 1. The predicted molar refractivity (Wildman–Crippen MR) is 103 cm³/mol. The second kappa shape index (κ2) is 6.64. The summed E-state index contributed by atoms with van der Waals surface area (Å²) in [4.78, 5) is 17.2. The Bertz CT molecular complexity index is 1120. The molecule has 4 rings (SSSR count). The van der Waals surface area contributed by atoms with Crippen molar-refractivity contribution >= 4 is 28.6 Å². The number of fused-ring (bicyclic) bond motifs is 1. The monoisotopic (exact) mass is 363 g/mol. The first kappa shape index (κ1) is 16.9. The normalized spacial score (nSPS) is 11.1. The molecule has 0 aliphatic rings. The molecule has 0 spiro atoms. The lowest BCUT2D eigenvalue weighted by Gasteiger charge is -2.10. The average molecular weight is 363 g/mol. The molecule has 3 N–H and O–H groups in total. The highest BCUT2D eigenvalue weighted by molar-refractivity contribution is 5.78. The van der Waals surface area contributed by atoms with E-state index in [4.69, 9.17) is 5.73 Å².